The molecule has 2 fully saturated rings. The number of nitrogens with one attached hydrogen (secondary N) is 1. The van der Waals surface area contributed by atoms with E-state index in [-0.39, 0.29) is 5.91 Å². The number of nitriles is 2. The van der Waals surface area contributed by atoms with Crippen LogP contribution in [0.4, 0.5) is 17.5 Å². The number of rotatable bonds is 5. The van der Waals surface area contributed by atoms with Crippen molar-refractivity contribution in [2.24, 2.45) is 5.41 Å². The minimum atomic E-state index is -0.963. The zero-order chi connectivity index (χ0) is 21.9. The molecule has 1 aromatic carbocycles. The molecule has 8 heteroatoms. The number of nitrogens with zero attached hydrogens (tertiary/aromatic N) is 5. The number of aromatic nitrogens is 2. The van der Waals surface area contributed by atoms with Crippen LogP contribution in [0.25, 0.3) is 0 Å². The fourth-order valence-corrected chi connectivity index (χ4v) is 4.25. The van der Waals surface area contributed by atoms with Crippen LogP contribution < -0.4 is 10.2 Å². The van der Waals surface area contributed by atoms with Gasteiger partial charge < -0.3 is 10.1 Å². The normalized spacial score (nSPS) is 22.5. The van der Waals surface area contributed by atoms with Crippen LogP contribution in [0.1, 0.15) is 38.2 Å². The van der Waals surface area contributed by atoms with Crippen molar-refractivity contribution in [2.75, 3.05) is 30.0 Å². The molecule has 31 heavy (non-hydrogen) atoms. The molecule has 0 radical (unpaired) electrons. The first kappa shape index (κ1) is 20.8. The van der Waals surface area contributed by atoms with Gasteiger partial charge in [-0.3, -0.25) is 9.69 Å². The SMILES string of the molecule is CC[C@]1(C#N)CCN(c2ccnc(Nc3ccc(C4(C#N)CCOCC4)cc3)n2)C1=O. The van der Waals surface area contributed by atoms with Gasteiger partial charge in [-0.25, -0.2) is 4.98 Å². The van der Waals surface area contributed by atoms with Crippen molar-refractivity contribution < 1.29 is 9.53 Å². The van der Waals surface area contributed by atoms with Crippen molar-refractivity contribution in [1.82, 2.24) is 9.97 Å². The van der Waals surface area contributed by atoms with Crippen LogP contribution in [-0.4, -0.2) is 35.6 Å². The molecule has 0 spiro atoms. The molecule has 0 aliphatic carbocycles. The van der Waals surface area contributed by atoms with Gasteiger partial charge in [-0.2, -0.15) is 15.5 Å². The number of carbonyl (C=O) groups is 1. The number of hydrogen-bond donors (Lipinski definition) is 1. The summed E-state index contributed by atoms with van der Waals surface area (Å²) < 4.78 is 5.41. The van der Waals surface area contributed by atoms with Gasteiger partial charge in [-0.15, -0.1) is 0 Å². The Morgan fingerprint density at radius 1 is 1.13 bits per heavy atom. The Hall–Kier alpha value is -3.49. The number of anilines is 3. The van der Waals surface area contributed by atoms with Crippen LogP contribution in [0, 0.1) is 28.1 Å². The lowest BCUT2D eigenvalue weighted by molar-refractivity contribution is -0.123. The largest absolute Gasteiger partial charge is 0.381 e. The molecule has 0 saturated carbocycles. The van der Waals surface area contributed by atoms with Crippen molar-refractivity contribution in [3.63, 3.8) is 0 Å². The van der Waals surface area contributed by atoms with Crippen molar-refractivity contribution in [3.8, 4) is 12.1 Å². The zero-order valence-electron chi connectivity index (χ0n) is 17.5. The Morgan fingerprint density at radius 2 is 1.87 bits per heavy atom. The molecule has 0 unspecified atom stereocenters. The lowest BCUT2D eigenvalue weighted by atomic mass is 9.75. The van der Waals surface area contributed by atoms with E-state index in [0.29, 0.717) is 57.2 Å². The van der Waals surface area contributed by atoms with E-state index >= 15 is 0 Å². The summed E-state index contributed by atoms with van der Waals surface area (Å²) in [5.41, 5.74) is 0.299. The standard InChI is InChI=1S/C23H24N6O2/c1-2-22(15-24)8-12-29(20(22)30)19-7-11-26-21(28-19)27-18-5-3-17(4-6-18)23(16-25)9-13-31-14-10-23/h3-7,11H,2,8-10,12-14H2,1H3,(H,26,27,28)/t22-/m1/s1. The first-order chi connectivity index (χ1) is 15.1. The molecule has 4 rings (SSSR count). The summed E-state index contributed by atoms with van der Waals surface area (Å²) in [6, 6.07) is 14.1. The van der Waals surface area contributed by atoms with Gasteiger partial charge in [-0.1, -0.05) is 19.1 Å². The summed E-state index contributed by atoms with van der Waals surface area (Å²) in [4.78, 5) is 23.1. The Balaban J connectivity index is 1.51. The van der Waals surface area contributed by atoms with Gasteiger partial charge in [-0.05, 0) is 49.4 Å². The average Bonchev–Trinajstić information content (AvgIpc) is 3.16. The van der Waals surface area contributed by atoms with Gasteiger partial charge in [0.15, 0.2) is 0 Å². The maximum absolute atomic E-state index is 12.8. The van der Waals surface area contributed by atoms with Crippen LogP contribution >= 0.6 is 0 Å². The summed E-state index contributed by atoms with van der Waals surface area (Å²) in [5.74, 6) is 0.644. The van der Waals surface area contributed by atoms with Gasteiger partial charge in [0.25, 0.3) is 0 Å². The van der Waals surface area contributed by atoms with E-state index in [4.69, 9.17) is 4.74 Å². The molecular weight excluding hydrogens is 392 g/mol. The third-order valence-corrected chi connectivity index (χ3v) is 6.41. The van der Waals surface area contributed by atoms with Gasteiger partial charge in [0.05, 0.1) is 17.6 Å². The maximum atomic E-state index is 12.8. The number of ether oxygens (including phenoxy) is 1. The minimum absolute atomic E-state index is 0.204. The summed E-state index contributed by atoms with van der Waals surface area (Å²) in [6.07, 6.45) is 3.95. The predicted molar refractivity (Wildman–Crippen MR) is 114 cm³/mol. The highest BCUT2D eigenvalue weighted by Crippen LogP contribution is 2.37. The Morgan fingerprint density at radius 3 is 2.48 bits per heavy atom. The van der Waals surface area contributed by atoms with E-state index in [9.17, 15) is 15.3 Å². The maximum Gasteiger partial charge on any atom is 0.248 e. The Kier molecular flexibility index (Phi) is 5.58. The first-order valence-electron chi connectivity index (χ1n) is 10.5. The third-order valence-electron chi connectivity index (χ3n) is 6.41. The molecule has 8 nitrogen and oxygen atoms in total. The molecule has 2 aliphatic rings. The van der Waals surface area contributed by atoms with Crippen LogP contribution in [0.5, 0.6) is 0 Å². The molecule has 0 bridgehead atoms. The van der Waals surface area contributed by atoms with Gasteiger partial charge in [0.2, 0.25) is 11.9 Å². The molecule has 1 N–H and O–H groups in total. The summed E-state index contributed by atoms with van der Waals surface area (Å²) >= 11 is 0. The highest BCUT2D eigenvalue weighted by atomic mass is 16.5. The highest BCUT2D eigenvalue weighted by molar-refractivity contribution is 6.01. The molecule has 158 valence electrons. The van der Waals surface area contributed by atoms with Gasteiger partial charge >= 0.3 is 0 Å². The van der Waals surface area contributed by atoms with Crippen LogP contribution in [0.3, 0.4) is 0 Å². The fraction of sp³-hybridized carbons (Fsp3) is 0.435. The lowest BCUT2D eigenvalue weighted by Gasteiger charge is -2.31. The molecule has 1 aromatic heterocycles. The van der Waals surface area contributed by atoms with Crippen molar-refractivity contribution in [1.29, 1.82) is 10.5 Å². The Labute approximate surface area is 181 Å². The molecule has 1 amide bonds. The highest BCUT2D eigenvalue weighted by Gasteiger charge is 2.46. The van der Waals surface area contributed by atoms with E-state index in [1.807, 2.05) is 31.2 Å². The predicted octanol–water partition coefficient (Wildman–Crippen LogP) is 3.45. The fourth-order valence-electron chi connectivity index (χ4n) is 4.25. The van der Waals surface area contributed by atoms with Crippen molar-refractivity contribution in [2.45, 2.75) is 38.0 Å². The van der Waals surface area contributed by atoms with Crippen molar-refractivity contribution in [3.05, 3.63) is 42.1 Å². The first-order valence-corrected chi connectivity index (χ1v) is 10.5. The van der Waals surface area contributed by atoms with E-state index < -0.39 is 10.8 Å². The molecule has 3 heterocycles. The number of benzene rings is 1. The molecule has 2 aromatic rings. The van der Waals surface area contributed by atoms with E-state index in [1.54, 1.807) is 17.2 Å². The van der Waals surface area contributed by atoms with Gasteiger partial charge in [0, 0.05) is 31.6 Å². The minimum Gasteiger partial charge on any atom is -0.381 e. The quantitative estimate of drug-likeness (QED) is 0.794. The smallest absolute Gasteiger partial charge is 0.248 e. The van der Waals surface area contributed by atoms with Crippen LogP contribution in [-0.2, 0) is 14.9 Å². The molecule has 2 saturated heterocycles. The van der Waals surface area contributed by atoms with Gasteiger partial charge in [0.1, 0.15) is 11.2 Å². The third kappa shape index (κ3) is 3.71. The van der Waals surface area contributed by atoms with Crippen molar-refractivity contribution >= 4 is 23.4 Å². The second kappa shape index (κ2) is 8.33. The second-order valence-electron chi connectivity index (χ2n) is 8.00. The van der Waals surface area contributed by atoms with E-state index in [2.05, 4.69) is 27.4 Å². The van der Waals surface area contributed by atoms with Crippen LogP contribution in [0.2, 0.25) is 0 Å². The molecule has 1 atom stereocenters. The number of hydrogen-bond acceptors (Lipinski definition) is 7. The summed E-state index contributed by atoms with van der Waals surface area (Å²) in [7, 11) is 0. The summed E-state index contributed by atoms with van der Waals surface area (Å²) in [6.45, 7) is 3.51. The zero-order valence-corrected chi connectivity index (χ0v) is 17.5. The monoisotopic (exact) mass is 416 g/mol. The average molecular weight is 416 g/mol. The van der Waals surface area contributed by atoms with Crippen LogP contribution in [0.15, 0.2) is 36.5 Å². The number of carbonyl (C=O) groups excluding carboxylic acids is 1. The second-order valence-corrected chi connectivity index (χ2v) is 8.00. The summed E-state index contributed by atoms with van der Waals surface area (Å²) in [5, 5.41) is 22.4. The Bertz CT molecular complexity index is 1050. The lowest BCUT2D eigenvalue weighted by Crippen LogP contribution is -2.33. The molecule has 2 aliphatic heterocycles. The molecular formula is C23H24N6O2. The topological polar surface area (TPSA) is 115 Å². The van der Waals surface area contributed by atoms with E-state index in [0.717, 1.165) is 11.3 Å². The number of amides is 1. The van der Waals surface area contributed by atoms with E-state index in [1.165, 1.54) is 0 Å².